The van der Waals surface area contributed by atoms with E-state index in [0.29, 0.717) is 0 Å². The Morgan fingerprint density at radius 3 is 1.14 bits per heavy atom. The second-order valence-corrected chi connectivity index (χ2v) is 19.3. The first-order valence-electron chi connectivity index (χ1n) is 15.4. The molecule has 1 nitrogen and oxygen atoms in total. The van der Waals surface area contributed by atoms with Gasteiger partial charge in [-0.1, -0.05) is 109 Å². The largest absolute Gasteiger partial charge is 0.411 e. The summed E-state index contributed by atoms with van der Waals surface area (Å²) in [4.78, 5) is 0. The topological polar surface area (TPSA) is 9.23 Å². The molecule has 0 aromatic carbocycles. The van der Waals surface area contributed by atoms with E-state index in [-0.39, 0.29) is 43.9 Å². The van der Waals surface area contributed by atoms with Crippen LogP contribution in [0.4, 0.5) is 0 Å². The summed E-state index contributed by atoms with van der Waals surface area (Å²) in [6.07, 6.45) is 6.67. The minimum atomic E-state index is -1.64. The minimum absolute atomic E-state index is 0. The maximum Gasteiger partial charge on any atom is 0.192 e. The third-order valence-corrected chi connectivity index (χ3v) is 16.3. The summed E-state index contributed by atoms with van der Waals surface area (Å²) in [5.74, 6) is 9.35. The second-order valence-electron chi connectivity index (χ2n) is 14.6. The van der Waals surface area contributed by atoms with Crippen LogP contribution < -0.4 is 0 Å². The SMILES string of the molecule is C=CC(CCCC[CH2-])O[Si](C)(C)C(C)(C)C.CC1C(C)C(C)C(C)C1C.CC1C(C)C(C)C(C)C1C.[Y]. The molecule has 0 heterocycles. The molecule has 2 fully saturated rings. The van der Waals surface area contributed by atoms with Crippen molar-refractivity contribution in [1.82, 2.24) is 0 Å². The van der Waals surface area contributed by atoms with Crippen molar-refractivity contribution in [3.05, 3.63) is 19.6 Å². The first-order chi connectivity index (χ1) is 16.3. The summed E-state index contributed by atoms with van der Waals surface area (Å²) in [6, 6.07) is 0. The summed E-state index contributed by atoms with van der Waals surface area (Å²) >= 11 is 0. The first-order valence-corrected chi connectivity index (χ1v) is 18.4. The molecule has 0 N–H and O–H groups in total. The van der Waals surface area contributed by atoms with E-state index >= 15 is 0 Å². The smallest absolute Gasteiger partial charge is 0.192 e. The minimum Gasteiger partial charge on any atom is -0.411 e. The number of rotatable bonds is 7. The average molecular weight is 611 g/mol. The predicted octanol–water partition coefficient (Wildman–Crippen LogP) is 11.3. The molecule has 0 spiro atoms. The zero-order chi connectivity index (χ0) is 28.6. The van der Waals surface area contributed by atoms with Crippen molar-refractivity contribution in [1.29, 1.82) is 0 Å². The van der Waals surface area contributed by atoms with E-state index in [0.717, 1.165) is 72.0 Å². The average Bonchev–Trinajstić information content (AvgIpc) is 3.08. The third-order valence-electron chi connectivity index (χ3n) is 11.8. The Morgan fingerprint density at radius 2 is 0.946 bits per heavy atom. The summed E-state index contributed by atoms with van der Waals surface area (Å²) in [7, 11) is -1.64. The Morgan fingerprint density at radius 1 is 0.676 bits per heavy atom. The Labute approximate surface area is 262 Å². The molecule has 1 radical (unpaired) electrons. The van der Waals surface area contributed by atoms with Gasteiger partial charge in [0.1, 0.15) is 0 Å². The quantitative estimate of drug-likeness (QED) is 0.121. The molecule has 2 saturated carbocycles. The summed E-state index contributed by atoms with van der Waals surface area (Å²) < 4.78 is 6.30. The molecule has 2 aliphatic carbocycles. The Balaban J connectivity index is 0. The van der Waals surface area contributed by atoms with Gasteiger partial charge in [0.2, 0.25) is 0 Å². The summed E-state index contributed by atoms with van der Waals surface area (Å²) in [5.41, 5.74) is 0. The predicted molar refractivity (Wildman–Crippen MR) is 168 cm³/mol. The molecular formula is C34H69OSiY-. The molecule has 2 rings (SSSR count). The number of hydrogen-bond donors (Lipinski definition) is 0. The monoisotopic (exact) mass is 610 g/mol. The van der Waals surface area contributed by atoms with Gasteiger partial charge in [-0.2, -0.15) is 6.42 Å². The van der Waals surface area contributed by atoms with Gasteiger partial charge in [0.05, 0.1) is 6.10 Å². The summed E-state index contributed by atoms with van der Waals surface area (Å²) in [6.45, 7) is 43.1. The van der Waals surface area contributed by atoms with E-state index < -0.39 is 8.32 Å². The van der Waals surface area contributed by atoms with Crippen LogP contribution in [0.2, 0.25) is 18.1 Å². The molecule has 0 bridgehead atoms. The van der Waals surface area contributed by atoms with Gasteiger partial charge in [-0.05, 0) is 83.7 Å². The van der Waals surface area contributed by atoms with Gasteiger partial charge < -0.3 is 11.3 Å². The normalized spacial score (nSPS) is 36.4. The van der Waals surface area contributed by atoms with E-state index in [1.54, 1.807) is 0 Å². The summed E-state index contributed by atoms with van der Waals surface area (Å²) in [5, 5.41) is 0.278. The molecule has 3 heteroatoms. The molecule has 1 atom stereocenters. The molecular weight excluding hydrogens is 541 g/mol. The van der Waals surface area contributed by atoms with Crippen LogP contribution in [0, 0.1) is 66.1 Å². The molecule has 0 aromatic heterocycles. The molecule has 0 aliphatic heterocycles. The van der Waals surface area contributed by atoms with Crippen LogP contribution in [0.1, 0.15) is 116 Å². The maximum absolute atomic E-state index is 6.30. The fraction of sp³-hybridized carbons (Fsp3) is 0.912. The van der Waals surface area contributed by atoms with Gasteiger partial charge >= 0.3 is 0 Å². The van der Waals surface area contributed by atoms with Gasteiger partial charge in [-0.25, -0.2) is 0 Å². The maximum atomic E-state index is 6.30. The van der Waals surface area contributed by atoms with E-state index in [4.69, 9.17) is 4.43 Å². The van der Waals surface area contributed by atoms with E-state index in [1.165, 1.54) is 12.8 Å². The van der Waals surface area contributed by atoms with Crippen LogP contribution in [0.3, 0.4) is 0 Å². The molecule has 37 heavy (non-hydrogen) atoms. The first kappa shape index (κ1) is 40.2. The second kappa shape index (κ2) is 17.7. The van der Waals surface area contributed by atoms with Crippen molar-refractivity contribution < 1.29 is 37.1 Å². The van der Waals surface area contributed by atoms with Gasteiger partial charge in [-0.15, -0.1) is 6.58 Å². The Hall–Kier alpha value is 1.02. The fourth-order valence-corrected chi connectivity index (χ4v) is 7.42. The van der Waals surface area contributed by atoms with Crippen LogP contribution in [-0.4, -0.2) is 14.4 Å². The fourth-order valence-electron chi connectivity index (χ4n) is 6.09. The van der Waals surface area contributed by atoms with E-state index in [2.05, 4.69) is 117 Å². The van der Waals surface area contributed by atoms with Gasteiger partial charge in [-0.3, -0.25) is 0 Å². The Kier molecular flexibility index (Phi) is 19.3. The standard InChI is InChI=1S/C14H29OSi.2C10H20.Y/c1-8-10-11-12-13(9-2)15-16(6,7)14(3,4)5;2*1-6-7(2)9(4)10(5)8(6)3;/h9,13H,1-2,8,10-12H2,3-7H3;2*6-10H,1-5H3;/q-1;;;. The van der Waals surface area contributed by atoms with Gasteiger partial charge in [0, 0.05) is 32.7 Å². The van der Waals surface area contributed by atoms with Crippen molar-refractivity contribution in [3.63, 3.8) is 0 Å². The number of unbranched alkanes of at least 4 members (excludes halogenated alkanes) is 2. The zero-order valence-electron chi connectivity index (χ0n) is 28.2. The van der Waals surface area contributed by atoms with Crippen molar-refractivity contribution in [2.75, 3.05) is 0 Å². The molecule has 0 saturated heterocycles. The van der Waals surface area contributed by atoms with Crippen molar-refractivity contribution >= 4 is 8.32 Å². The van der Waals surface area contributed by atoms with Crippen LogP contribution in [0.15, 0.2) is 12.7 Å². The third kappa shape index (κ3) is 11.8. The zero-order valence-corrected chi connectivity index (χ0v) is 32.0. The van der Waals surface area contributed by atoms with Crippen LogP contribution in [0.5, 0.6) is 0 Å². The van der Waals surface area contributed by atoms with Crippen LogP contribution in [-0.2, 0) is 37.1 Å². The van der Waals surface area contributed by atoms with Crippen molar-refractivity contribution in [3.8, 4) is 0 Å². The molecule has 1 unspecified atom stereocenters. The molecule has 0 amide bonds. The Bertz CT molecular complexity index is 492. The molecule has 0 aromatic rings. The van der Waals surface area contributed by atoms with Crippen LogP contribution in [0.25, 0.3) is 0 Å². The number of hydrogen-bond acceptors (Lipinski definition) is 1. The van der Waals surface area contributed by atoms with Crippen molar-refractivity contribution in [2.45, 2.75) is 140 Å². The van der Waals surface area contributed by atoms with Gasteiger partial charge in [0.15, 0.2) is 8.32 Å². The molecule has 219 valence electrons. The van der Waals surface area contributed by atoms with E-state index in [1.807, 2.05) is 6.08 Å². The van der Waals surface area contributed by atoms with E-state index in [9.17, 15) is 0 Å². The van der Waals surface area contributed by atoms with Crippen molar-refractivity contribution in [2.24, 2.45) is 59.2 Å². The molecule has 2 aliphatic rings. The van der Waals surface area contributed by atoms with Gasteiger partial charge in [0.25, 0.3) is 0 Å². The van der Waals surface area contributed by atoms with Crippen LogP contribution >= 0.6 is 0 Å².